The number of aryl methyl sites for hydroxylation is 1. The van der Waals surface area contributed by atoms with Crippen molar-refractivity contribution in [1.82, 2.24) is 14.8 Å². The maximum absolute atomic E-state index is 14.0. The van der Waals surface area contributed by atoms with E-state index in [1.54, 1.807) is 42.9 Å². The van der Waals surface area contributed by atoms with Crippen molar-refractivity contribution < 1.29 is 18.3 Å². The predicted octanol–water partition coefficient (Wildman–Crippen LogP) is 4.81. The van der Waals surface area contributed by atoms with Crippen LogP contribution < -0.4 is 10.1 Å². The van der Waals surface area contributed by atoms with Gasteiger partial charge in [-0.05, 0) is 43.3 Å². The normalized spacial score (nSPS) is 10.8. The van der Waals surface area contributed by atoms with Gasteiger partial charge in [0.25, 0.3) is 5.91 Å². The fourth-order valence-electron chi connectivity index (χ4n) is 2.96. The Morgan fingerprint density at radius 3 is 2.90 bits per heavy atom. The van der Waals surface area contributed by atoms with Crippen LogP contribution in [-0.4, -0.2) is 20.7 Å². The summed E-state index contributed by atoms with van der Waals surface area (Å²) in [6.45, 7) is 2.05. The van der Waals surface area contributed by atoms with Crippen molar-refractivity contribution in [2.75, 3.05) is 5.32 Å². The number of halogens is 2. The standard InChI is InChI=1S/C22H18F2N4O2S/c1-14-9-26-28(10-16-7-17(23)5-6-20(16)24)21(14)27-22(29)15-3-2-4-19(8-15)30-11-18-12-31-13-25-18/h2-9,12-13H,10-11H2,1H3,(H,27,29). The zero-order valence-electron chi connectivity index (χ0n) is 16.5. The molecule has 0 bridgehead atoms. The van der Waals surface area contributed by atoms with E-state index in [0.717, 1.165) is 23.9 Å². The van der Waals surface area contributed by atoms with Crippen molar-refractivity contribution >= 4 is 23.1 Å². The Kier molecular flexibility index (Phi) is 6.03. The second kappa shape index (κ2) is 9.05. The van der Waals surface area contributed by atoms with Crippen LogP contribution in [0.15, 0.2) is 59.6 Å². The SMILES string of the molecule is Cc1cnn(Cc2cc(F)ccc2F)c1NC(=O)c1cccc(OCc2cscn2)c1. The molecule has 4 aromatic rings. The number of carbonyl (C=O) groups is 1. The summed E-state index contributed by atoms with van der Waals surface area (Å²) >= 11 is 1.48. The van der Waals surface area contributed by atoms with Crippen LogP contribution in [0.1, 0.15) is 27.2 Å². The van der Waals surface area contributed by atoms with Crippen LogP contribution in [0.2, 0.25) is 0 Å². The second-order valence-corrected chi connectivity index (χ2v) is 7.54. The number of nitrogens with one attached hydrogen (secondary N) is 1. The van der Waals surface area contributed by atoms with Crippen LogP contribution in [0, 0.1) is 18.6 Å². The minimum Gasteiger partial charge on any atom is -0.487 e. The maximum Gasteiger partial charge on any atom is 0.256 e. The number of aromatic nitrogens is 3. The third-order valence-electron chi connectivity index (χ3n) is 4.55. The van der Waals surface area contributed by atoms with E-state index in [1.165, 1.54) is 16.0 Å². The summed E-state index contributed by atoms with van der Waals surface area (Å²) in [5.41, 5.74) is 3.75. The number of hydrogen-bond acceptors (Lipinski definition) is 5. The lowest BCUT2D eigenvalue weighted by atomic mass is 10.2. The number of ether oxygens (including phenoxy) is 1. The van der Waals surface area contributed by atoms with Gasteiger partial charge in [0.1, 0.15) is 29.8 Å². The molecule has 1 N–H and O–H groups in total. The van der Waals surface area contributed by atoms with Crippen molar-refractivity contribution in [3.8, 4) is 5.75 Å². The Labute approximate surface area is 181 Å². The van der Waals surface area contributed by atoms with Crippen LogP contribution >= 0.6 is 11.3 Å². The average Bonchev–Trinajstić information content (AvgIpc) is 3.40. The molecule has 0 atom stereocenters. The average molecular weight is 440 g/mol. The lowest BCUT2D eigenvalue weighted by Gasteiger charge is -2.12. The molecular weight excluding hydrogens is 422 g/mol. The van der Waals surface area contributed by atoms with Crippen LogP contribution in [0.3, 0.4) is 0 Å². The van der Waals surface area contributed by atoms with E-state index in [4.69, 9.17) is 4.74 Å². The molecule has 2 aromatic heterocycles. The van der Waals surface area contributed by atoms with Gasteiger partial charge >= 0.3 is 0 Å². The number of thiazole rings is 1. The fourth-order valence-corrected chi connectivity index (χ4v) is 3.50. The van der Waals surface area contributed by atoms with Gasteiger partial charge in [0, 0.05) is 22.1 Å². The highest BCUT2D eigenvalue weighted by molar-refractivity contribution is 7.07. The van der Waals surface area contributed by atoms with Crippen LogP contribution in [0.4, 0.5) is 14.6 Å². The minimum atomic E-state index is -0.545. The first-order chi connectivity index (χ1) is 15.0. The molecule has 1 amide bonds. The van der Waals surface area contributed by atoms with E-state index >= 15 is 0 Å². The summed E-state index contributed by atoms with van der Waals surface area (Å²) in [6, 6.07) is 10.00. The Balaban J connectivity index is 1.49. The lowest BCUT2D eigenvalue weighted by Crippen LogP contribution is -2.17. The molecule has 2 heterocycles. The third kappa shape index (κ3) is 4.95. The molecule has 0 fully saturated rings. The molecule has 0 radical (unpaired) electrons. The molecule has 9 heteroatoms. The van der Waals surface area contributed by atoms with Crippen LogP contribution in [0.25, 0.3) is 0 Å². The summed E-state index contributed by atoms with van der Waals surface area (Å²) in [5.74, 6) is -0.518. The Hall–Kier alpha value is -3.59. The van der Waals surface area contributed by atoms with Gasteiger partial charge in [0.05, 0.1) is 23.9 Å². The highest BCUT2D eigenvalue weighted by atomic mass is 32.1. The molecule has 0 aliphatic carbocycles. The molecule has 6 nitrogen and oxygen atoms in total. The largest absolute Gasteiger partial charge is 0.487 e. The first-order valence-corrected chi connectivity index (χ1v) is 10.3. The zero-order valence-corrected chi connectivity index (χ0v) is 17.3. The Bertz CT molecular complexity index is 1210. The first kappa shape index (κ1) is 20.7. The summed E-state index contributed by atoms with van der Waals surface area (Å²) in [7, 11) is 0. The molecule has 158 valence electrons. The van der Waals surface area contributed by atoms with Gasteiger partial charge in [0.15, 0.2) is 0 Å². The smallest absolute Gasteiger partial charge is 0.256 e. The molecule has 0 saturated carbocycles. The van der Waals surface area contributed by atoms with E-state index in [0.29, 0.717) is 29.3 Å². The second-order valence-electron chi connectivity index (χ2n) is 6.82. The topological polar surface area (TPSA) is 69.0 Å². The predicted molar refractivity (Wildman–Crippen MR) is 113 cm³/mol. The van der Waals surface area contributed by atoms with E-state index in [9.17, 15) is 13.6 Å². The number of benzene rings is 2. The van der Waals surface area contributed by atoms with Crippen molar-refractivity contribution in [3.63, 3.8) is 0 Å². The van der Waals surface area contributed by atoms with E-state index in [1.807, 2.05) is 5.38 Å². The first-order valence-electron chi connectivity index (χ1n) is 9.37. The molecule has 4 rings (SSSR count). The molecule has 0 unspecified atom stereocenters. The quantitative estimate of drug-likeness (QED) is 0.448. The van der Waals surface area contributed by atoms with Gasteiger partial charge in [-0.1, -0.05) is 6.07 Å². The van der Waals surface area contributed by atoms with E-state index in [2.05, 4.69) is 15.4 Å². The molecule has 31 heavy (non-hydrogen) atoms. The molecule has 0 spiro atoms. The lowest BCUT2D eigenvalue weighted by molar-refractivity contribution is 0.102. The maximum atomic E-state index is 14.0. The number of anilines is 1. The van der Waals surface area contributed by atoms with Gasteiger partial charge in [-0.2, -0.15) is 5.10 Å². The van der Waals surface area contributed by atoms with Crippen LogP contribution in [-0.2, 0) is 13.2 Å². The van der Waals surface area contributed by atoms with Crippen molar-refractivity contribution in [2.24, 2.45) is 0 Å². The van der Waals surface area contributed by atoms with Crippen molar-refractivity contribution in [3.05, 3.63) is 93.6 Å². The number of carbonyl (C=O) groups excluding carboxylic acids is 1. The number of amides is 1. The minimum absolute atomic E-state index is 0.0240. The van der Waals surface area contributed by atoms with Crippen molar-refractivity contribution in [2.45, 2.75) is 20.1 Å². The van der Waals surface area contributed by atoms with Gasteiger partial charge < -0.3 is 10.1 Å². The van der Waals surface area contributed by atoms with Crippen LogP contribution in [0.5, 0.6) is 5.75 Å². The Morgan fingerprint density at radius 1 is 1.23 bits per heavy atom. The summed E-state index contributed by atoms with van der Waals surface area (Å²) in [6.07, 6.45) is 1.56. The number of hydrogen-bond donors (Lipinski definition) is 1. The highest BCUT2D eigenvalue weighted by Crippen LogP contribution is 2.21. The number of nitrogens with zero attached hydrogens (tertiary/aromatic N) is 3. The zero-order chi connectivity index (χ0) is 21.8. The summed E-state index contributed by atoms with van der Waals surface area (Å²) < 4.78 is 34.6. The monoisotopic (exact) mass is 440 g/mol. The van der Waals surface area contributed by atoms with Crippen molar-refractivity contribution in [1.29, 1.82) is 0 Å². The third-order valence-corrected chi connectivity index (χ3v) is 5.18. The summed E-state index contributed by atoms with van der Waals surface area (Å²) in [5, 5.41) is 8.88. The van der Waals surface area contributed by atoms with Gasteiger partial charge in [0.2, 0.25) is 0 Å². The van der Waals surface area contributed by atoms with Gasteiger partial charge in [-0.25, -0.2) is 18.4 Å². The molecule has 0 saturated heterocycles. The van der Waals surface area contributed by atoms with Gasteiger partial charge in [-0.3, -0.25) is 4.79 Å². The molecule has 0 aliphatic rings. The van der Waals surface area contributed by atoms with E-state index in [-0.39, 0.29) is 18.0 Å². The molecule has 2 aromatic carbocycles. The Morgan fingerprint density at radius 2 is 2.10 bits per heavy atom. The highest BCUT2D eigenvalue weighted by Gasteiger charge is 2.15. The van der Waals surface area contributed by atoms with E-state index < -0.39 is 11.6 Å². The molecular formula is C22H18F2N4O2S. The number of rotatable bonds is 7. The fraction of sp³-hybridized carbons (Fsp3) is 0.136. The van der Waals surface area contributed by atoms with Gasteiger partial charge in [-0.15, -0.1) is 11.3 Å². The summed E-state index contributed by atoms with van der Waals surface area (Å²) in [4.78, 5) is 17.0. The molecule has 0 aliphatic heterocycles.